The molecule has 100 valence electrons. The Morgan fingerprint density at radius 3 is 2.65 bits per heavy atom. The van der Waals surface area contributed by atoms with Crippen molar-refractivity contribution in [2.45, 2.75) is 13.3 Å². The lowest BCUT2D eigenvalue weighted by Crippen LogP contribution is -2.02. The summed E-state index contributed by atoms with van der Waals surface area (Å²) >= 11 is 2.21. The van der Waals surface area contributed by atoms with Gasteiger partial charge in [0.25, 0.3) is 0 Å². The minimum atomic E-state index is 0.0782. The van der Waals surface area contributed by atoms with E-state index in [1.807, 2.05) is 42.6 Å². The summed E-state index contributed by atoms with van der Waals surface area (Å²) in [5.74, 6) is 0.0782. The molecule has 0 saturated heterocycles. The van der Waals surface area contributed by atoms with Crippen molar-refractivity contribution in [2.75, 3.05) is 0 Å². The van der Waals surface area contributed by atoms with E-state index in [1.54, 1.807) is 0 Å². The Kier molecular flexibility index (Phi) is 3.61. The molecule has 0 atom stereocenters. The van der Waals surface area contributed by atoms with Crippen LogP contribution in [-0.4, -0.2) is 10.8 Å². The first-order valence-electron chi connectivity index (χ1n) is 6.60. The normalized spacial score (nSPS) is 10.9. The molecular formula is C17H14INO. The number of aromatic nitrogens is 1. The zero-order valence-electron chi connectivity index (χ0n) is 11.1. The first-order valence-corrected chi connectivity index (χ1v) is 7.68. The molecule has 0 spiro atoms. The van der Waals surface area contributed by atoms with Crippen LogP contribution in [0.5, 0.6) is 0 Å². The van der Waals surface area contributed by atoms with E-state index in [0.717, 1.165) is 32.0 Å². The number of rotatable bonds is 3. The molecule has 0 aliphatic carbocycles. The molecule has 3 rings (SSSR count). The Balaban J connectivity index is 2.16. The quantitative estimate of drug-likeness (QED) is 0.528. The van der Waals surface area contributed by atoms with Gasteiger partial charge in [0.2, 0.25) is 0 Å². The topological polar surface area (TPSA) is 32.9 Å². The summed E-state index contributed by atoms with van der Waals surface area (Å²) in [6.07, 6.45) is 2.78. The van der Waals surface area contributed by atoms with E-state index in [1.165, 1.54) is 5.56 Å². The van der Waals surface area contributed by atoms with Crippen LogP contribution in [0.2, 0.25) is 0 Å². The standard InChI is InChI=1S/C17H14INO/c1-2-11-6-5-8-12-14(10-19-16(11)12)17(20)13-7-3-4-9-15(13)18/h3-10,19H,2H2,1H3. The minimum absolute atomic E-state index is 0.0782. The van der Waals surface area contributed by atoms with Crippen LogP contribution in [0.3, 0.4) is 0 Å². The Labute approximate surface area is 131 Å². The third-order valence-electron chi connectivity index (χ3n) is 3.55. The molecule has 0 bridgehead atoms. The molecule has 1 heterocycles. The van der Waals surface area contributed by atoms with Crippen molar-refractivity contribution in [3.63, 3.8) is 0 Å². The Bertz CT molecular complexity index is 789. The molecular weight excluding hydrogens is 361 g/mol. The van der Waals surface area contributed by atoms with E-state index in [-0.39, 0.29) is 5.78 Å². The van der Waals surface area contributed by atoms with Crippen LogP contribution >= 0.6 is 22.6 Å². The average molecular weight is 375 g/mol. The van der Waals surface area contributed by atoms with Crippen molar-refractivity contribution < 1.29 is 4.79 Å². The summed E-state index contributed by atoms with van der Waals surface area (Å²) in [6, 6.07) is 13.8. The van der Waals surface area contributed by atoms with Crippen LogP contribution < -0.4 is 0 Å². The average Bonchev–Trinajstić information content (AvgIpc) is 2.91. The third-order valence-corrected chi connectivity index (χ3v) is 4.49. The zero-order chi connectivity index (χ0) is 14.1. The minimum Gasteiger partial charge on any atom is -0.360 e. The van der Waals surface area contributed by atoms with Crippen LogP contribution in [0.15, 0.2) is 48.7 Å². The largest absolute Gasteiger partial charge is 0.360 e. The van der Waals surface area contributed by atoms with Crippen molar-refractivity contribution in [3.8, 4) is 0 Å². The summed E-state index contributed by atoms with van der Waals surface area (Å²) in [5.41, 5.74) is 3.82. The van der Waals surface area contributed by atoms with E-state index < -0.39 is 0 Å². The summed E-state index contributed by atoms with van der Waals surface area (Å²) in [4.78, 5) is 16.0. The number of fused-ring (bicyclic) bond motifs is 1. The van der Waals surface area contributed by atoms with Gasteiger partial charge in [0.1, 0.15) is 0 Å². The molecule has 3 heteroatoms. The van der Waals surface area contributed by atoms with E-state index in [0.29, 0.717) is 0 Å². The highest BCUT2D eigenvalue weighted by atomic mass is 127. The number of halogens is 1. The van der Waals surface area contributed by atoms with Crippen molar-refractivity contribution in [2.24, 2.45) is 0 Å². The summed E-state index contributed by atoms with van der Waals surface area (Å²) in [7, 11) is 0. The van der Waals surface area contributed by atoms with Gasteiger partial charge < -0.3 is 4.98 Å². The molecule has 0 radical (unpaired) electrons. The number of para-hydroxylation sites is 1. The van der Waals surface area contributed by atoms with Gasteiger partial charge in [-0.25, -0.2) is 0 Å². The number of hydrogen-bond donors (Lipinski definition) is 1. The van der Waals surface area contributed by atoms with Gasteiger partial charge in [0.05, 0.1) is 0 Å². The van der Waals surface area contributed by atoms with Gasteiger partial charge in [0.15, 0.2) is 5.78 Å². The van der Waals surface area contributed by atoms with Crippen molar-refractivity contribution in [1.82, 2.24) is 4.98 Å². The van der Waals surface area contributed by atoms with E-state index >= 15 is 0 Å². The van der Waals surface area contributed by atoms with E-state index in [2.05, 4.69) is 40.6 Å². The summed E-state index contributed by atoms with van der Waals surface area (Å²) in [5, 5.41) is 1.01. The fraction of sp³-hybridized carbons (Fsp3) is 0.118. The first-order chi connectivity index (χ1) is 9.72. The summed E-state index contributed by atoms with van der Waals surface area (Å²) < 4.78 is 0.982. The third kappa shape index (κ3) is 2.16. The number of carbonyl (C=O) groups is 1. The second-order valence-corrected chi connectivity index (χ2v) is 5.87. The van der Waals surface area contributed by atoms with Crippen molar-refractivity contribution in [1.29, 1.82) is 0 Å². The van der Waals surface area contributed by atoms with Crippen LogP contribution in [-0.2, 0) is 6.42 Å². The number of nitrogens with one attached hydrogen (secondary N) is 1. The molecule has 2 aromatic carbocycles. The predicted molar refractivity (Wildman–Crippen MR) is 90.3 cm³/mol. The van der Waals surface area contributed by atoms with Gasteiger partial charge in [-0.1, -0.05) is 37.3 Å². The molecule has 3 aromatic rings. The second kappa shape index (κ2) is 5.40. The van der Waals surface area contributed by atoms with E-state index in [9.17, 15) is 4.79 Å². The van der Waals surface area contributed by atoms with Crippen LogP contribution in [0.25, 0.3) is 10.9 Å². The number of benzene rings is 2. The highest BCUT2D eigenvalue weighted by Crippen LogP contribution is 2.25. The molecule has 0 saturated carbocycles. The number of ketones is 1. The van der Waals surface area contributed by atoms with Gasteiger partial charge in [-0.05, 0) is 46.7 Å². The van der Waals surface area contributed by atoms with E-state index in [4.69, 9.17) is 0 Å². The van der Waals surface area contributed by atoms with Gasteiger partial charge in [-0.15, -0.1) is 0 Å². The van der Waals surface area contributed by atoms with Crippen LogP contribution in [0.1, 0.15) is 28.4 Å². The number of carbonyl (C=O) groups excluding carboxylic acids is 1. The molecule has 2 nitrogen and oxygen atoms in total. The molecule has 0 unspecified atom stereocenters. The first kappa shape index (κ1) is 13.4. The van der Waals surface area contributed by atoms with Gasteiger partial charge in [-0.2, -0.15) is 0 Å². The smallest absolute Gasteiger partial charge is 0.196 e. The highest BCUT2D eigenvalue weighted by molar-refractivity contribution is 14.1. The Morgan fingerprint density at radius 2 is 1.90 bits per heavy atom. The maximum Gasteiger partial charge on any atom is 0.196 e. The van der Waals surface area contributed by atoms with Gasteiger partial charge >= 0.3 is 0 Å². The predicted octanol–water partition coefficient (Wildman–Crippen LogP) is 4.57. The maximum absolute atomic E-state index is 12.7. The van der Waals surface area contributed by atoms with Crippen molar-refractivity contribution in [3.05, 3.63) is 68.9 Å². The number of aryl methyl sites for hydroxylation is 1. The van der Waals surface area contributed by atoms with Crippen molar-refractivity contribution >= 4 is 39.3 Å². The number of hydrogen-bond acceptors (Lipinski definition) is 1. The molecule has 0 amide bonds. The highest BCUT2D eigenvalue weighted by Gasteiger charge is 2.16. The fourth-order valence-corrected chi connectivity index (χ4v) is 3.12. The second-order valence-electron chi connectivity index (χ2n) is 4.70. The molecule has 1 N–H and O–H groups in total. The Morgan fingerprint density at radius 1 is 1.10 bits per heavy atom. The lowest BCUT2D eigenvalue weighted by Gasteiger charge is -2.03. The maximum atomic E-state index is 12.7. The fourth-order valence-electron chi connectivity index (χ4n) is 2.49. The SMILES string of the molecule is CCc1cccc2c(C(=O)c3ccccc3I)c[nH]c12. The molecule has 0 fully saturated rings. The molecule has 0 aliphatic rings. The number of aromatic amines is 1. The summed E-state index contributed by atoms with van der Waals surface area (Å²) in [6.45, 7) is 2.12. The monoisotopic (exact) mass is 375 g/mol. The lowest BCUT2D eigenvalue weighted by atomic mass is 10.0. The Hall–Kier alpha value is -1.62. The lowest BCUT2D eigenvalue weighted by molar-refractivity contribution is 0.103. The molecule has 20 heavy (non-hydrogen) atoms. The van der Waals surface area contributed by atoms with Gasteiger partial charge in [0, 0.05) is 31.8 Å². The van der Waals surface area contributed by atoms with Crippen LogP contribution in [0.4, 0.5) is 0 Å². The van der Waals surface area contributed by atoms with Crippen LogP contribution in [0, 0.1) is 3.57 Å². The molecule has 1 aromatic heterocycles. The van der Waals surface area contributed by atoms with Gasteiger partial charge in [-0.3, -0.25) is 4.79 Å². The number of H-pyrrole nitrogens is 1. The molecule has 0 aliphatic heterocycles. The zero-order valence-corrected chi connectivity index (χ0v) is 13.3.